The molecule has 0 atom stereocenters. The van der Waals surface area contributed by atoms with Gasteiger partial charge in [-0.3, -0.25) is 4.79 Å². The second-order valence-corrected chi connectivity index (χ2v) is 6.23. The van der Waals surface area contributed by atoms with Crippen LogP contribution in [-0.4, -0.2) is 10.8 Å². The minimum absolute atomic E-state index is 0.0163. The van der Waals surface area contributed by atoms with Gasteiger partial charge in [0.2, 0.25) is 0 Å². The Labute approximate surface area is 130 Å². The van der Waals surface area contributed by atoms with Gasteiger partial charge in [-0.25, -0.2) is 9.37 Å². The summed E-state index contributed by atoms with van der Waals surface area (Å²) in [6, 6.07) is 11.9. The van der Waals surface area contributed by atoms with Crippen molar-refractivity contribution in [2.24, 2.45) is 0 Å². The number of para-hydroxylation sites is 1. The van der Waals surface area contributed by atoms with Gasteiger partial charge in [-0.05, 0) is 29.8 Å². The number of Topliss-reactive ketones (excluding diaryl/α,β-unsaturated/α-hetero) is 1. The van der Waals surface area contributed by atoms with Crippen molar-refractivity contribution in [3.8, 4) is 0 Å². The first kappa shape index (κ1) is 14.2. The van der Waals surface area contributed by atoms with E-state index in [0.29, 0.717) is 5.56 Å². The molecule has 21 heavy (non-hydrogen) atoms. The van der Waals surface area contributed by atoms with Gasteiger partial charge < -0.3 is 0 Å². The summed E-state index contributed by atoms with van der Waals surface area (Å²) in [6.45, 7) is 0. The highest BCUT2D eigenvalue weighted by atomic mass is 35.5. The lowest BCUT2D eigenvalue weighted by atomic mass is 10.1. The quantitative estimate of drug-likeness (QED) is 0.711. The second kappa shape index (κ2) is 5.92. The van der Waals surface area contributed by atoms with Gasteiger partial charge in [-0.15, -0.1) is 11.3 Å². The third kappa shape index (κ3) is 3.28. The number of nitrogens with zero attached hydrogens (tertiary/aromatic N) is 1. The van der Waals surface area contributed by atoms with E-state index in [1.54, 1.807) is 6.07 Å². The van der Waals surface area contributed by atoms with Crippen molar-refractivity contribution in [2.45, 2.75) is 12.8 Å². The third-order valence-corrected chi connectivity index (χ3v) is 4.48. The third-order valence-electron chi connectivity index (χ3n) is 3.09. The van der Waals surface area contributed by atoms with Crippen molar-refractivity contribution in [2.75, 3.05) is 0 Å². The van der Waals surface area contributed by atoms with Gasteiger partial charge in [0.05, 0.1) is 16.6 Å². The van der Waals surface area contributed by atoms with Crippen molar-refractivity contribution in [1.82, 2.24) is 4.98 Å². The van der Waals surface area contributed by atoms with Crippen molar-refractivity contribution in [3.05, 3.63) is 63.9 Å². The van der Waals surface area contributed by atoms with Gasteiger partial charge in [0, 0.05) is 11.4 Å². The van der Waals surface area contributed by atoms with E-state index >= 15 is 0 Å². The molecule has 3 rings (SSSR count). The van der Waals surface area contributed by atoms with Crippen LogP contribution in [0.1, 0.15) is 10.6 Å². The normalized spacial score (nSPS) is 11.0. The van der Waals surface area contributed by atoms with Gasteiger partial charge >= 0.3 is 0 Å². The highest BCUT2D eigenvalue weighted by Crippen LogP contribution is 2.23. The molecule has 0 aliphatic rings. The summed E-state index contributed by atoms with van der Waals surface area (Å²) in [5.41, 5.74) is 1.55. The largest absolute Gasteiger partial charge is 0.299 e. The molecular formula is C16H11ClFNOS. The van der Waals surface area contributed by atoms with Crippen LogP contribution in [0.15, 0.2) is 42.5 Å². The Hall–Kier alpha value is -1.78. The van der Waals surface area contributed by atoms with Crippen LogP contribution in [0.2, 0.25) is 5.02 Å². The molecule has 3 aromatic rings. The van der Waals surface area contributed by atoms with E-state index in [9.17, 15) is 9.18 Å². The Morgan fingerprint density at radius 3 is 2.76 bits per heavy atom. The van der Waals surface area contributed by atoms with E-state index in [4.69, 9.17) is 11.6 Å². The molecule has 0 N–H and O–H groups in total. The molecule has 0 spiro atoms. The first-order valence-corrected chi connectivity index (χ1v) is 7.61. The van der Waals surface area contributed by atoms with Crippen LogP contribution in [0.3, 0.4) is 0 Å². The van der Waals surface area contributed by atoms with Crippen LogP contribution in [0, 0.1) is 5.82 Å². The number of aromatic nitrogens is 1. The van der Waals surface area contributed by atoms with Crippen LogP contribution < -0.4 is 0 Å². The summed E-state index contributed by atoms with van der Waals surface area (Å²) in [6.07, 6.45) is 0.460. The van der Waals surface area contributed by atoms with Gasteiger partial charge in [0.25, 0.3) is 0 Å². The highest BCUT2D eigenvalue weighted by Gasteiger charge is 2.12. The molecule has 0 fully saturated rings. The maximum Gasteiger partial charge on any atom is 0.144 e. The molecule has 0 amide bonds. The summed E-state index contributed by atoms with van der Waals surface area (Å²) >= 11 is 7.45. The van der Waals surface area contributed by atoms with Crippen LogP contribution >= 0.6 is 22.9 Å². The van der Waals surface area contributed by atoms with E-state index in [0.717, 1.165) is 15.2 Å². The van der Waals surface area contributed by atoms with E-state index in [2.05, 4.69) is 4.98 Å². The molecular weight excluding hydrogens is 309 g/mol. The first-order valence-electron chi connectivity index (χ1n) is 6.42. The van der Waals surface area contributed by atoms with Crippen LogP contribution in [0.25, 0.3) is 10.2 Å². The number of fused-ring (bicyclic) bond motifs is 1. The molecule has 106 valence electrons. The summed E-state index contributed by atoms with van der Waals surface area (Å²) in [7, 11) is 0. The summed E-state index contributed by atoms with van der Waals surface area (Å²) in [5.74, 6) is -0.384. The van der Waals surface area contributed by atoms with E-state index in [-0.39, 0.29) is 23.6 Å². The number of ketones is 1. The lowest BCUT2D eigenvalue weighted by Gasteiger charge is -2.02. The number of carbonyl (C=O) groups excluding carboxylic acids is 1. The van der Waals surface area contributed by atoms with Crippen LogP contribution in [-0.2, 0) is 17.6 Å². The molecule has 1 heterocycles. The van der Waals surface area contributed by atoms with Crippen molar-refractivity contribution < 1.29 is 9.18 Å². The first-order chi connectivity index (χ1) is 10.1. The number of hydrogen-bond acceptors (Lipinski definition) is 3. The fourth-order valence-electron chi connectivity index (χ4n) is 2.10. The smallest absolute Gasteiger partial charge is 0.144 e. The lowest BCUT2D eigenvalue weighted by Crippen LogP contribution is -2.06. The zero-order valence-electron chi connectivity index (χ0n) is 11.0. The maximum absolute atomic E-state index is 13.0. The molecule has 0 saturated carbocycles. The molecule has 0 aliphatic heterocycles. The minimum atomic E-state index is -0.401. The monoisotopic (exact) mass is 319 g/mol. The number of benzene rings is 2. The number of thiazole rings is 1. The average Bonchev–Trinajstić information content (AvgIpc) is 2.84. The SMILES string of the molecule is O=C(Cc1nc2ccccc2s1)Cc1ccc(F)cc1Cl. The summed E-state index contributed by atoms with van der Waals surface area (Å²) in [5, 5.41) is 1.08. The zero-order chi connectivity index (χ0) is 14.8. The van der Waals surface area contributed by atoms with Gasteiger partial charge in [0.1, 0.15) is 16.6 Å². The van der Waals surface area contributed by atoms with E-state index in [1.165, 1.54) is 23.5 Å². The molecule has 2 aromatic carbocycles. The van der Waals surface area contributed by atoms with Crippen molar-refractivity contribution >= 4 is 38.9 Å². The van der Waals surface area contributed by atoms with Crippen LogP contribution in [0.4, 0.5) is 4.39 Å². The molecule has 0 saturated heterocycles. The molecule has 0 aliphatic carbocycles. The summed E-state index contributed by atoms with van der Waals surface area (Å²) in [4.78, 5) is 16.5. The standard InChI is InChI=1S/C16H11ClFNOS/c17-13-8-11(18)6-5-10(13)7-12(20)9-16-19-14-3-1-2-4-15(14)21-16/h1-6,8H,7,9H2. The van der Waals surface area contributed by atoms with Gasteiger partial charge in [-0.1, -0.05) is 29.8 Å². The average molecular weight is 320 g/mol. The van der Waals surface area contributed by atoms with Crippen molar-refractivity contribution in [3.63, 3.8) is 0 Å². The fraction of sp³-hybridized carbons (Fsp3) is 0.125. The van der Waals surface area contributed by atoms with E-state index < -0.39 is 5.82 Å². The predicted molar refractivity (Wildman–Crippen MR) is 83.4 cm³/mol. The summed E-state index contributed by atoms with van der Waals surface area (Å²) < 4.78 is 14.0. The Balaban J connectivity index is 1.74. The Kier molecular flexibility index (Phi) is 3.99. The lowest BCUT2D eigenvalue weighted by molar-refractivity contribution is -0.117. The van der Waals surface area contributed by atoms with Gasteiger partial charge in [0.15, 0.2) is 0 Å². The number of hydrogen-bond donors (Lipinski definition) is 0. The van der Waals surface area contributed by atoms with Crippen LogP contribution in [0.5, 0.6) is 0 Å². The Bertz CT molecular complexity index is 782. The van der Waals surface area contributed by atoms with E-state index in [1.807, 2.05) is 24.3 Å². The molecule has 1 aromatic heterocycles. The van der Waals surface area contributed by atoms with Gasteiger partial charge in [-0.2, -0.15) is 0 Å². The predicted octanol–water partition coefficient (Wildman–Crippen LogP) is 4.44. The number of carbonyl (C=O) groups is 1. The minimum Gasteiger partial charge on any atom is -0.299 e. The van der Waals surface area contributed by atoms with Crippen molar-refractivity contribution in [1.29, 1.82) is 0 Å². The number of rotatable bonds is 4. The Morgan fingerprint density at radius 1 is 1.19 bits per heavy atom. The Morgan fingerprint density at radius 2 is 2.00 bits per heavy atom. The molecule has 0 bridgehead atoms. The molecule has 0 radical (unpaired) electrons. The number of halogens is 2. The second-order valence-electron chi connectivity index (χ2n) is 4.70. The molecule has 5 heteroatoms. The highest BCUT2D eigenvalue weighted by molar-refractivity contribution is 7.18. The zero-order valence-corrected chi connectivity index (χ0v) is 12.5. The molecule has 2 nitrogen and oxygen atoms in total. The molecule has 0 unspecified atom stereocenters. The fourth-order valence-corrected chi connectivity index (χ4v) is 3.33. The maximum atomic E-state index is 13.0. The topological polar surface area (TPSA) is 30.0 Å².